The fourth-order valence-electron chi connectivity index (χ4n) is 3.17. The summed E-state index contributed by atoms with van der Waals surface area (Å²) in [7, 11) is 1.84. The maximum absolute atomic E-state index is 5.61. The summed E-state index contributed by atoms with van der Waals surface area (Å²) in [5.41, 5.74) is 1.53. The van der Waals surface area contributed by atoms with Crippen molar-refractivity contribution in [2.24, 2.45) is 4.99 Å². The van der Waals surface area contributed by atoms with Crippen molar-refractivity contribution in [3.8, 4) is 0 Å². The zero-order chi connectivity index (χ0) is 17.1. The first-order valence-electron chi connectivity index (χ1n) is 8.87. The van der Waals surface area contributed by atoms with E-state index in [4.69, 9.17) is 4.74 Å². The van der Waals surface area contributed by atoms with Gasteiger partial charge in [-0.2, -0.15) is 11.8 Å². The number of rotatable bonds is 8. The van der Waals surface area contributed by atoms with Crippen LogP contribution in [0, 0.1) is 0 Å². The summed E-state index contributed by atoms with van der Waals surface area (Å²) in [5.74, 6) is 2.13. The van der Waals surface area contributed by atoms with E-state index < -0.39 is 0 Å². The second-order valence-electron chi connectivity index (χ2n) is 6.31. The molecule has 1 aliphatic heterocycles. The second-order valence-corrected chi connectivity index (χ2v) is 7.30. The van der Waals surface area contributed by atoms with Gasteiger partial charge in [-0.25, -0.2) is 0 Å². The van der Waals surface area contributed by atoms with Gasteiger partial charge < -0.3 is 15.4 Å². The van der Waals surface area contributed by atoms with Gasteiger partial charge in [0.1, 0.15) is 0 Å². The van der Waals surface area contributed by atoms with Gasteiger partial charge in [-0.3, -0.25) is 4.99 Å². The van der Waals surface area contributed by atoms with E-state index in [1.165, 1.54) is 24.2 Å². The molecule has 1 saturated heterocycles. The van der Waals surface area contributed by atoms with Gasteiger partial charge in [0, 0.05) is 38.8 Å². The van der Waals surface area contributed by atoms with Gasteiger partial charge >= 0.3 is 0 Å². The topological polar surface area (TPSA) is 45.7 Å². The first kappa shape index (κ1) is 19.1. The summed E-state index contributed by atoms with van der Waals surface area (Å²) in [5, 5.41) is 6.98. The Morgan fingerprint density at radius 3 is 2.58 bits per heavy atom. The highest BCUT2D eigenvalue weighted by atomic mass is 32.2. The first-order chi connectivity index (χ1) is 11.8. The number of hydrogen-bond acceptors (Lipinski definition) is 3. The van der Waals surface area contributed by atoms with Crippen molar-refractivity contribution in [2.75, 3.05) is 45.4 Å². The maximum Gasteiger partial charge on any atom is 0.191 e. The number of benzene rings is 1. The quantitative estimate of drug-likeness (QED) is 0.430. The van der Waals surface area contributed by atoms with Gasteiger partial charge in [0.25, 0.3) is 0 Å². The third-order valence-corrected chi connectivity index (χ3v) is 5.42. The molecule has 0 spiro atoms. The van der Waals surface area contributed by atoms with Crippen LogP contribution >= 0.6 is 11.8 Å². The van der Waals surface area contributed by atoms with Crippen molar-refractivity contribution in [1.82, 2.24) is 10.6 Å². The molecule has 4 nitrogen and oxygen atoms in total. The van der Waals surface area contributed by atoms with Crippen molar-refractivity contribution in [3.05, 3.63) is 35.9 Å². The highest BCUT2D eigenvalue weighted by Gasteiger charge is 2.34. The molecule has 1 aromatic carbocycles. The standard InChI is InChI=1S/C19H31N3OS/c1-20-18(21-12-6-7-15-24-2)22-16-19(10-13-23-14-11-19)17-8-4-3-5-9-17/h3-5,8-9H,6-7,10-16H2,1-2H3,(H2,20,21,22). The van der Waals surface area contributed by atoms with E-state index in [-0.39, 0.29) is 5.41 Å². The van der Waals surface area contributed by atoms with Crippen molar-refractivity contribution >= 4 is 17.7 Å². The zero-order valence-electron chi connectivity index (χ0n) is 15.0. The van der Waals surface area contributed by atoms with Crippen LogP contribution in [-0.4, -0.2) is 51.3 Å². The van der Waals surface area contributed by atoms with Crippen molar-refractivity contribution in [3.63, 3.8) is 0 Å². The largest absolute Gasteiger partial charge is 0.381 e. The molecule has 1 fully saturated rings. The Morgan fingerprint density at radius 1 is 1.17 bits per heavy atom. The van der Waals surface area contributed by atoms with Crippen LogP contribution in [0.2, 0.25) is 0 Å². The monoisotopic (exact) mass is 349 g/mol. The number of thioether (sulfide) groups is 1. The van der Waals surface area contributed by atoms with Crippen LogP contribution in [-0.2, 0) is 10.2 Å². The molecule has 0 atom stereocenters. The Balaban J connectivity index is 1.90. The maximum atomic E-state index is 5.61. The highest BCUT2D eigenvalue weighted by molar-refractivity contribution is 7.98. The molecule has 0 saturated carbocycles. The number of hydrogen-bond donors (Lipinski definition) is 2. The zero-order valence-corrected chi connectivity index (χ0v) is 15.8. The van der Waals surface area contributed by atoms with Crippen LogP contribution in [0.3, 0.4) is 0 Å². The van der Waals surface area contributed by atoms with Gasteiger partial charge in [-0.15, -0.1) is 0 Å². The molecule has 0 aromatic heterocycles. The van der Waals surface area contributed by atoms with Gasteiger partial charge in [-0.1, -0.05) is 30.3 Å². The van der Waals surface area contributed by atoms with E-state index in [0.717, 1.165) is 45.1 Å². The molecular formula is C19H31N3OS. The minimum absolute atomic E-state index is 0.135. The Morgan fingerprint density at radius 2 is 1.92 bits per heavy atom. The van der Waals surface area contributed by atoms with Crippen LogP contribution in [0.25, 0.3) is 0 Å². The summed E-state index contributed by atoms with van der Waals surface area (Å²) < 4.78 is 5.61. The minimum atomic E-state index is 0.135. The molecule has 24 heavy (non-hydrogen) atoms. The van der Waals surface area contributed by atoms with E-state index in [0.29, 0.717) is 0 Å². The number of nitrogens with one attached hydrogen (secondary N) is 2. The summed E-state index contributed by atoms with van der Waals surface area (Å²) in [4.78, 5) is 4.37. The fourth-order valence-corrected chi connectivity index (χ4v) is 3.67. The summed E-state index contributed by atoms with van der Waals surface area (Å²) in [6, 6.07) is 10.8. The van der Waals surface area contributed by atoms with E-state index in [2.05, 4.69) is 52.2 Å². The highest BCUT2D eigenvalue weighted by Crippen LogP contribution is 2.34. The molecule has 5 heteroatoms. The van der Waals surface area contributed by atoms with Crippen LogP contribution in [0.1, 0.15) is 31.2 Å². The van der Waals surface area contributed by atoms with Crippen molar-refractivity contribution < 1.29 is 4.74 Å². The van der Waals surface area contributed by atoms with Gasteiger partial charge in [-0.05, 0) is 43.3 Å². The Kier molecular flexibility index (Phi) is 8.47. The normalized spacial score (nSPS) is 17.5. The molecule has 2 rings (SSSR count). The third kappa shape index (κ3) is 5.71. The lowest BCUT2D eigenvalue weighted by molar-refractivity contribution is 0.0514. The molecular weight excluding hydrogens is 318 g/mol. The molecule has 2 N–H and O–H groups in total. The van der Waals surface area contributed by atoms with Gasteiger partial charge in [0.05, 0.1) is 0 Å². The summed E-state index contributed by atoms with van der Waals surface area (Å²) >= 11 is 1.91. The number of ether oxygens (including phenoxy) is 1. The molecule has 134 valence electrons. The van der Waals surface area contributed by atoms with Gasteiger partial charge in [0.15, 0.2) is 5.96 Å². The molecule has 0 radical (unpaired) electrons. The molecule has 0 unspecified atom stereocenters. The third-order valence-electron chi connectivity index (χ3n) is 4.72. The molecule has 1 aromatic rings. The molecule has 0 aliphatic carbocycles. The van der Waals surface area contributed by atoms with Crippen molar-refractivity contribution in [2.45, 2.75) is 31.1 Å². The smallest absolute Gasteiger partial charge is 0.191 e. The van der Waals surface area contributed by atoms with Crippen LogP contribution in [0.15, 0.2) is 35.3 Å². The Labute approximate surface area is 150 Å². The summed E-state index contributed by atoms with van der Waals surface area (Å²) in [6.07, 6.45) is 6.68. The summed E-state index contributed by atoms with van der Waals surface area (Å²) in [6.45, 7) is 3.53. The Hall–Kier alpha value is -1.20. The lowest BCUT2D eigenvalue weighted by Crippen LogP contribution is -2.48. The van der Waals surface area contributed by atoms with Crippen LogP contribution < -0.4 is 10.6 Å². The van der Waals surface area contributed by atoms with E-state index in [9.17, 15) is 0 Å². The van der Waals surface area contributed by atoms with E-state index in [1.807, 2.05) is 18.8 Å². The number of nitrogens with zero attached hydrogens (tertiary/aromatic N) is 1. The fraction of sp³-hybridized carbons (Fsp3) is 0.632. The first-order valence-corrected chi connectivity index (χ1v) is 10.3. The molecule has 0 bridgehead atoms. The predicted octanol–water partition coefficient (Wildman–Crippen LogP) is 3.04. The second kappa shape index (κ2) is 10.6. The van der Waals surface area contributed by atoms with E-state index >= 15 is 0 Å². The molecule has 0 amide bonds. The van der Waals surface area contributed by atoms with Gasteiger partial charge in [0.2, 0.25) is 0 Å². The molecule has 1 aliphatic rings. The SMILES string of the molecule is CN=C(NCCCCSC)NCC1(c2ccccc2)CCOCC1. The molecule has 1 heterocycles. The Bertz CT molecular complexity index is 487. The number of unbranched alkanes of at least 4 members (excludes halogenated alkanes) is 1. The average molecular weight is 350 g/mol. The number of aliphatic imine (C=N–C) groups is 1. The lowest BCUT2D eigenvalue weighted by atomic mass is 9.74. The predicted molar refractivity (Wildman–Crippen MR) is 105 cm³/mol. The lowest BCUT2D eigenvalue weighted by Gasteiger charge is -2.38. The van der Waals surface area contributed by atoms with E-state index in [1.54, 1.807) is 0 Å². The average Bonchev–Trinajstić information content (AvgIpc) is 2.65. The number of guanidine groups is 1. The minimum Gasteiger partial charge on any atom is -0.381 e. The van der Waals surface area contributed by atoms with Crippen LogP contribution in [0.4, 0.5) is 0 Å². The van der Waals surface area contributed by atoms with Crippen LogP contribution in [0.5, 0.6) is 0 Å². The van der Waals surface area contributed by atoms with Crippen molar-refractivity contribution in [1.29, 1.82) is 0 Å².